The smallest absolute Gasteiger partial charge is 0.156 e. The highest BCUT2D eigenvalue weighted by molar-refractivity contribution is 5.94. The lowest BCUT2D eigenvalue weighted by atomic mass is 9.97. The average Bonchev–Trinajstić information content (AvgIpc) is 2.81. The Balaban J connectivity index is 1.40. The Kier molecular flexibility index (Phi) is 7.12. The molecule has 0 amide bonds. The molecule has 1 fully saturated rings. The van der Waals surface area contributed by atoms with E-state index in [4.69, 9.17) is 9.47 Å². The number of rotatable bonds is 8. The number of hydrogen-bond donors (Lipinski definition) is 2. The van der Waals surface area contributed by atoms with Crippen molar-refractivity contribution in [2.45, 2.75) is 51.5 Å². The summed E-state index contributed by atoms with van der Waals surface area (Å²) in [5.41, 5.74) is 2.23. The van der Waals surface area contributed by atoms with Crippen LogP contribution in [-0.4, -0.2) is 53.6 Å². The molecule has 0 bridgehead atoms. The number of methoxy groups -OCH3 is 2. The van der Waals surface area contributed by atoms with Crippen LogP contribution in [0.1, 0.15) is 43.5 Å². The summed E-state index contributed by atoms with van der Waals surface area (Å²) in [4.78, 5) is 2.48. The van der Waals surface area contributed by atoms with Crippen molar-refractivity contribution in [1.82, 2.24) is 15.1 Å². The lowest BCUT2D eigenvalue weighted by molar-refractivity contribution is 0.0785. The lowest BCUT2D eigenvalue weighted by Crippen LogP contribution is -2.38. The van der Waals surface area contributed by atoms with Crippen LogP contribution in [0.2, 0.25) is 0 Å². The van der Waals surface area contributed by atoms with E-state index in [-0.39, 0.29) is 0 Å². The van der Waals surface area contributed by atoms with Crippen LogP contribution in [0.5, 0.6) is 5.75 Å². The summed E-state index contributed by atoms with van der Waals surface area (Å²) in [5.74, 6) is 1.59. The van der Waals surface area contributed by atoms with Gasteiger partial charge in [0.1, 0.15) is 5.75 Å². The molecule has 1 aliphatic heterocycles. The molecule has 0 radical (unpaired) electrons. The van der Waals surface area contributed by atoms with Gasteiger partial charge in [-0.05, 0) is 56.0 Å². The van der Waals surface area contributed by atoms with Gasteiger partial charge in [-0.25, -0.2) is 0 Å². The summed E-state index contributed by atoms with van der Waals surface area (Å²) in [6, 6.07) is 14.6. The Bertz CT molecular complexity index is 1070. The van der Waals surface area contributed by atoms with E-state index < -0.39 is 5.60 Å². The molecule has 1 aliphatic rings. The van der Waals surface area contributed by atoms with Crippen molar-refractivity contribution in [2.75, 3.05) is 32.6 Å². The molecule has 0 unspecified atom stereocenters. The van der Waals surface area contributed by atoms with Crippen LogP contribution in [0.4, 0.5) is 5.82 Å². The zero-order chi connectivity index (χ0) is 23.4. The molecule has 1 aromatic heterocycles. The summed E-state index contributed by atoms with van der Waals surface area (Å²) >= 11 is 0. The number of hydrogen-bond acceptors (Lipinski definition) is 7. The van der Waals surface area contributed by atoms with Crippen molar-refractivity contribution in [2.24, 2.45) is 0 Å². The second kappa shape index (κ2) is 10.0. The normalized spacial score (nSPS) is 15.7. The molecule has 2 N–H and O–H groups in total. The van der Waals surface area contributed by atoms with Gasteiger partial charge in [-0.15, -0.1) is 5.10 Å². The molecule has 2 heterocycles. The summed E-state index contributed by atoms with van der Waals surface area (Å²) in [6.07, 6.45) is 2.07. The van der Waals surface area contributed by atoms with Crippen LogP contribution in [0.3, 0.4) is 0 Å². The van der Waals surface area contributed by atoms with E-state index in [1.54, 1.807) is 14.2 Å². The first-order valence-electron chi connectivity index (χ1n) is 11.5. The molecule has 7 heteroatoms. The van der Waals surface area contributed by atoms with Gasteiger partial charge in [0.05, 0.1) is 25.0 Å². The fourth-order valence-corrected chi connectivity index (χ4v) is 4.37. The predicted octanol–water partition coefficient (Wildman–Crippen LogP) is 4.09. The van der Waals surface area contributed by atoms with Crippen molar-refractivity contribution in [3.05, 3.63) is 59.3 Å². The van der Waals surface area contributed by atoms with Crippen molar-refractivity contribution in [3.63, 3.8) is 0 Å². The Morgan fingerprint density at radius 3 is 2.39 bits per heavy atom. The first-order chi connectivity index (χ1) is 15.9. The number of anilines is 1. The number of ether oxygens (including phenoxy) is 2. The number of aromatic nitrogens is 2. The van der Waals surface area contributed by atoms with E-state index in [0.29, 0.717) is 12.6 Å². The third kappa shape index (κ3) is 5.61. The standard InChI is InChI=1S/C26H34N4O3/c1-26(2,31)19-7-5-18(6-8-19)16-30-13-11-20(12-14-30)27-25-23-15-21(33-4)9-10-22(23)24(17-32-3)28-29-25/h5-10,15,20,31H,11-14,16-17H2,1-4H3,(H,27,29). The van der Waals surface area contributed by atoms with Crippen LogP contribution in [-0.2, 0) is 23.5 Å². The topological polar surface area (TPSA) is 79.7 Å². The van der Waals surface area contributed by atoms with Crippen molar-refractivity contribution < 1.29 is 14.6 Å². The molecule has 0 aliphatic carbocycles. The number of fused-ring (bicyclic) bond motifs is 1. The zero-order valence-corrected chi connectivity index (χ0v) is 20.0. The Morgan fingerprint density at radius 2 is 1.76 bits per heavy atom. The van der Waals surface area contributed by atoms with Crippen molar-refractivity contribution in [1.29, 1.82) is 0 Å². The molecule has 2 aromatic carbocycles. The van der Waals surface area contributed by atoms with Gasteiger partial charge in [0, 0.05) is 43.6 Å². The van der Waals surface area contributed by atoms with E-state index in [0.717, 1.165) is 66.1 Å². The van der Waals surface area contributed by atoms with Crippen LogP contribution in [0.15, 0.2) is 42.5 Å². The van der Waals surface area contributed by atoms with Gasteiger partial charge < -0.3 is 19.9 Å². The molecule has 0 spiro atoms. The Morgan fingerprint density at radius 1 is 1.03 bits per heavy atom. The summed E-state index contributed by atoms with van der Waals surface area (Å²) in [7, 11) is 3.34. The maximum absolute atomic E-state index is 10.1. The average molecular weight is 451 g/mol. The Labute approximate surface area is 195 Å². The zero-order valence-electron chi connectivity index (χ0n) is 20.0. The van der Waals surface area contributed by atoms with E-state index in [2.05, 4.69) is 32.5 Å². The molecular weight excluding hydrogens is 416 g/mol. The number of likely N-dealkylation sites (tertiary alicyclic amines) is 1. The molecular formula is C26H34N4O3. The summed E-state index contributed by atoms with van der Waals surface area (Å²) < 4.78 is 10.7. The van der Waals surface area contributed by atoms with Gasteiger partial charge >= 0.3 is 0 Å². The second-order valence-corrected chi connectivity index (χ2v) is 9.29. The number of benzene rings is 2. The van der Waals surface area contributed by atoms with Crippen LogP contribution < -0.4 is 10.1 Å². The van der Waals surface area contributed by atoms with Crippen LogP contribution in [0.25, 0.3) is 10.8 Å². The van der Waals surface area contributed by atoms with E-state index in [9.17, 15) is 5.11 Å². The number of nitrogens with zero attached hydrogens (tertiary/aromatic N) is 3. The van der Waals surface area contributed by atoms with Crippen molar-refractivity contribution >= 4 is 16.6 Å². The fourth-order valence-electron chi connectivity index (χ4n) is 4.37. The minimum Gasteiger partial charge on any atom is -0.497 e. The first kappa shape index (κ1) is 23.4. The number of aliphatic hydroxyl groups is 1. The van der Waals surface area contributed by atoms with E-state index >= 15 is 0 Å². The van der Waals surface area contributed by atoms with E-state index in [1.807, 2.05) is 44.2 Å². The number of nitrogens with one attached hydrogen (secondary N) is 1. The molecule has 7 nitrogen and oxygen atoms in total. The summed E-state index contributed by atoms with van der Waals surface area (Å²) in [6.45, 7) is 7.00. The predicted molar refractivity (Wildman–Crippen MR) is 130 cm³/mol. The third-order valence-electron chi connectivity index (χ3n) is 6.34. The van der Waals surface area contributed by atoms with Gasteiger partial charge in [-0.2, -0.15) is 5.10 Å². The third-order valence-corrected chi connectivity index (χ3v) is 6.34. The maximum Gasteiger partial charge on any atom is 0.156 e. The van der Waals surface area contributed by atoms with Crippen LogP contribution >= 0.6 is 0 Å². The molecule has 176 valence electrons. The highest BCUT2D eigenvalue weighted by Gasteiger charge is 2.22. The van der Waals surface area contributed by atoms with Gasteiger partial charge in [0.2, 0.25) is 0 Å². The molecule has 4 rings (SSSR count). The monoisotopic (exact) mass is 450 g/mol. The molecule has 1 saturated heterocycles. The highest BCUT2D eigenvalue weighted by atomic mass is 16.5. The minimum absolute atomic E-state index is 0.343. The molecule has 33 heavy (non-hydrogen) atoms. The van der Waals surface area contributed by atoms with E-state index in [1.165, 1.54) is 5.56 Å². The van der Waals surface area contributed by atoms with Gasteiger partial charge in [-0.1, -0.05) is 24.3 Å². The summed E-state index contributed by atoms with van der Waals surface area (Å²) in [5, 5.41) is 24.7. The maximum atomic E-state index is 10.1. The largest absolute Gasteiger partial charge is 0.497 e. The molecule has 3 aromatic rings. The second-order valence-electron chi connectivity index (χ2n) is 9.29. The van der Waals surface area contributed by atoms with Crippen molar-refractivity contribution in [3.8, 4) is 5.75 Å². The quantitative estimate of drug-likeness (QED) is 0.535. The van der Waals surface area contributed by atoms with Gasteiger partial charge in [0.25, 0.3) is 0 Å². The fraction of sp³-hybridized carbons (Fsp3) is 0.462. The lowest BCUT2D eigenvalue weighted by Gasteiger charge is -2.33. The first-order valence-corrected chi connectivity index (χ1v) is 11.5. The SMILES string of the molecule is COCc1nnc(NC2CCN(Cc3ccc(C(C)(C)O)cc3)CC2)c2cc(OC)ccc12. The molecule has 0 saturated carbocycles. The Hall–Kier alpha value is -2.74. The molecule has 0 atom stereocenters. The minimum atomic E-state index is -0.804. The van der Waals surface area contributed by atoms with Crippen LogP contribution in [0, 0.1) is 0 Å². The van der Waals surface area contributed by atoms with Gasteiger partial charge in [0.15, 0.2) is 5.82 Å². The highest BCUT2D eigenvalue weighted by Crippen LogP contribution is 2.29. The number of piperidine rings is 1. The van der Waals surface area contributed by atoms with Gasteiger partial charge in [-0.3, -0.25) is 4.90 Å².